The number of nitrogens with two attached hydrogens (primary N) is 2. The van der Waals surface area contributed by atoms with Gasteiger partial charge in [-0.25, -0.2) is 14.6 Å². The lowest BCUT2D eigenvalue weighted by Gasteiger charge is -2.62. The minimum absolute atomic E-state index is 0.00210. The van der Waals surface area contributed by atoms with Gasteiger partial charge in [0, 0.05) is 25.2 Å². The van der Waals surface area contributed by atoms with Crippen molar-refractivity contribution in [3.8, 4) is 0 Å². The second-order valence-electron chi connectivity index (χ2n) is 13.1. The molecule has 8 atom stereocenters. The minimum Gasteiger partial charge on any atom is -0.395 e. The zero-order valence-electron chi connectivity index (χ0n) is 22.4. The van der Waals surface area contributed by atoms with Gasteiger partial charge in [0.05, 0.1) is 30.1 Å². The van der Waals surface area contributed by atoms with Crippen LogP contribution in [0.4, 0.5) is 20.2 Å². The number of aliphatic hydroxyl groups is 1. The Morgan fingerprint density at radius 2 is 1.86 bits per heavy atom. The second kappa shape index (κ2) is 9.45. The van der Waals surface area contributed by atoms with Gasteiger partial charge in [-0.15, -0.1) is 0 Å². The van der Waals surface area contributed by atoms with Crippen molar-refractivity contribution < 1.29 is 23.4 Å². The highest BCUT2D eigenvalue weighted by molar-refractivity contribution is 5.87. The molecule has 4 saturated carbocycles. The van der Waals surface area contributed by atoms with E-state index in [2.05, 4.69) is 6.92 Å². The number of anilines is 2. The van der Waals surface area contributed by atoms with Gasteiger partial charge >= 0.3 is 0 Å². The Labute approximate surface area is 219 Å². The zero-order valence-corrected chi connectivity index (χ0v) is 22.4. The maximum absolute atomic E-state index is 14.0. The second-order valence-corrected chi connectivity index (χ2v) is 13.1. The Bertz CT molecular complexity index is 1050. The number of ketones is 1. The highest BCUT2D eigenvalue weighted by atomic mass is 19.1. The van der Waals surface area contributed by atoms with Crippen LogP contribution in [-0.2, 0) is 9.53 Å². The molecule has 0 aliphatic heterocycles. The Kier molecular flexibility index (Phi) is 6.85. The topological polar surface area (TPSA) is 102 Å². The van der Waals surface area contributed by atoms with Crippen LogP contribution in [0.2, 0.25) is 0 Å². The number of hydrogen-bond donors (Lipinski definition) is 3. The number of hydrogen-bond acceptors (Lipinski definition) is 6. The first kappa shape index (κ1) is 26.8. The van der Waals surface area contributed by atoms with E-state index in [-0.39, 0.29) is 40.5 Å². The summed E-state index contributed by atoms with van der Waals surface area (Å²) in [5.41, 5.74) is 4.95. The van der Waals surface area contributed by atoms with Crippen LogP contribution in [0.5, 0.6) is 0 Å². The molecule has 6 nitrogen and oxygen atoms in total. The molecule has 5 rings (SSSR count). The molecule has 0 amide bonds. The van der Waals surface area contributed by atoms with Crippen molar-refractivity contribution in [2.24, 2.45) is 46.3 Å². The van der Waals surface area contributed by atoms with E-state index in [4.69, 9.17) is 16.3 Å². The van der Waals surface area contributed by atoms with E-state index in [9.17, 15) is 18.7 Å². The third kappa shape index (κ3) is 4.37. The van der Waals surface area contributed by atoms with Crippen LogP contribution in [0, 0.1) is 52.1 Å². The molecule has 8 heteroatoms. The Hall–Kier alpha value is -1.77. The van der Waals surface area contributed by atoms with Crippen LogP contribution in [0.25, 0.3) is 0 Å². The summed E-state index contributed by atoms with van der Waals surface area (Å²) in [5.74, 6) is 6.39. The molecular weight excluding hydrogens is 476 g/mol. The standard InChI is InChI=1S/C29H43F2N3O3/c1-27(36)10-11-29(16-37-3)17(14-27)4-5-19-20-6-7-22(28(20,2)9-8-21(19)29)25(35)15-34(33)24-13-18(30)12-23(31)26(24)32/h12-13,17,19-22,36H,4-11,14-16,32-33H2,1-3H3/t17?,19?,20?,21?,22-,27-,28?,29?/m1/s1. The van der Waals surface area contributed by atoms with E-state index in [0.717, 1.165) is 75.5 Å². The predicted octanol–water partition coefficient (Wildman–Crippen LogP) is 4.83. The van der Waals surface area contributed by atoms with Gasteiger partial charge in [-0.3, -0.25) is 4.79 Å². The fourth-order valence-electron chi connectivity index (χ4n) is 9.48. The van der Waals surface area contributed by atoms with Crippen LogP contribution in [0.1, 0.15) is 71.6 Å². The van der Waals surface area contributed by atoms with E-state index in [1.807, 2.05) is 6.92 Å². The molecule has 1 aromatic rings. The highest BCUT2D eigenvalue weighted by Crippen LogP contribution is 2.68. The van der Waals surface area contributed by atoms with Gasteiger partial charge in [0.25, 0.3) is 0 Å². The molecule has 4 aliphatic rings. The first-order valence-electron chi connectivity index (χ1n) is 13.9. The van der Waals surface area contributed by atoms with Crippen molar-refractivity contribution in [2.45, 2.75) is 77.2 Å². The average molecular weight is 520 g/mol. The van der Waals surface area contributed by atoms with Crippen molar-refractivity contribution in [1.82, 2.24) is 0 Å². The SMILES string of the molecule is COCC12CC[C@@](C)(O)CC1CCC1C2CCC2(C)C1CC[C@@H]2C(=O)CN(N)c1cc(F)cc(F)c1N. The summed E-state index contributed by atoms with van der Waals surface area (Å²) in [6.45, 7) is 4.88. The summed E-state index contributed by atoms with van der Waals surface area (Å²) in [5, 5.41) is 11.9. The number of carbonyl (C=O) groups excluding carboxylic acids is 1. The molecule has 0 heterocycles. The molecule has 4 aliphatic carbocycles. The Balaban J connectivity index is 1.34. The molecule has 37 heavy (non-hydrogen) atoms. The lowest BCUT2D eigenvalue weighted by atomic mass is 9.43. The maximum Gasteiger partial charge on any atom is 0.157 e. The van der Waals surface area contributed by atoms with Crippen LogP contribution in [0.15, 0.2) is 12.1 Å². The summed E-state index contributed by atoms with van der Waals surface area (Å²) >= 11 is 0. The average Bonchev–Trinajstić information content (AvgIpc) is 3.19. The molecule has 206 valence electrons. The highest BCUT2D eigenvalue weighted by Gasteiger charge is 2.63. The number of Topliss-reactive ketones (excluding diaryl/α,β-unsaturated/α-hetero) is 1. The summed E-state index contributed by atoms with van der Waals surface area (Å²) in [6, 6.07) is 1.79. The maximum atomic E-state index is 14.0. The fourth-order valence-corrected chi connectivity index (χ4v) is 9.48. The lowest BCUT2D eigenvalue weighted by Crippen LogP contribution is -2.58. The quantitative estimate of drug-likeness (QED) is 0.283. The van der Waals surface area contributed by atoms with E-state index >= 15 is 0 Å². The van der Waals surface area contributed by atoms with Crippen LogP contribution < -0.4 is 16.6 Å². The first-order chi connectivity index (χ1) is 17.4. The molecule has 5 N–H and O–H groups in total. The Morgan fingerprint density at radius 1 is 1.11 bits per heavy atom. The van der Waals surface area contributed by atoms with Crippen molar-refractivity contribution in [3.05, 3.63) is 23.8 Å². The van der Waals surface area contributed by atoms with Gasteiger partial charge in [-0.1, -0.05) is 6.92 Å². The summed E-state index contributed by atoms with van der Waals surface area (Å²) in [7, 11) is 1.80. The molecular formula is C29H43F2N3O3. The molecule has 0 aromatic heterocycles. The fraction of sp³-hybridized carbons (Fsp3) is 0.759. The van der Waals surface area contributed by atoms with Gasteiger partial charge < -0.3 is 20.6 Å². The number of nitrogens with zero attached hydrogens (tertiary/aromatic N) is 1. The summed E-state index contributed by atoms with van der Waals surface area (Å²) < 4.78 is 33.6. The number of hydrazine groups is 1. The summed E-state index contributed by atoms with van der Waals surface area (Å²) in [4.78, 5) is 13.6. The number of fused-ring (bicyclic) bond motifs is 5. The van der Waals surface area contributed by atoms with Crippen LogP contribution in [0.3, 0.4) is 0 Å². The van der Waals surface area contributed by atoms with Crippen LogP contribution in [-0.4, -0.2) is 36.8 Å². The van der Waals surface area contributed by atoms with Crippen molar-refractivity contribution in [1.29, 1.82) is 0 Å². The molecule has 1 aromatic carbocycles. The number of rotatable bonds is 6. The van der Waals surface area contributed by atoms with Crippen molar-refractivity contribution in [3.63, 3.8) is 0 Å². The van der Waals surface area contributed by atoms with Gasteiger partial charge in [0.15, 0.2) is 11.6 Å². The zero-order chi connectivity index (χ0) is 26.8. The Morgan fingerprint density at radius 3 is 2.59 bits per heavy atom. The third-order valence-corrected chi connectivity index (χ3v) is 11.2. The van der Waals surface area contributed by atoms with Gasteiger partial charge in [0.2, 0.25) is 0 Å². The predicted molar refractivity (Wildman–Crippen MR) is 139 cm³/mol. The third-order valence-electron chi connectivity index (χ3n) is 11.2. The summed E-state index contributed by atoms with van der Waals surface area (Å²) in [6.07, 6.45) is 8.78. The van der Waals surface area contributed by atoms with E-state index in [0.29, 0.717) is 29.7 Å². The molecule has 4 fully saturated rings. The van der Waals surface area contributed by atoms with Crippen molar-refractivity contribution in [2.75, 3.05) is 31.0 Å². The van der Waals surface area contributed by atoms with Gasteiger partial charge in [0.1, 0.15) is 5.82 Å². The minimum atomic E-state index is -0.881. The largest absolute Gasteiger partial charge is 0.395 e. The van der Waals surface area contributed by atoms with Gasteiger partial charge in [-0.2, -0.15) is 0 Å². The van der Waals surface area contributed by atoms with E-state index in [1.165, 1.54) is 0 Å². The van der Waals surface area contributed by atoms with Crippen molar-refractivity contribution >= 4 is 17.2 Å². The smallest absolute Gasteiger partial charge is 0.157 e. The first-order valence-corrected chi connectivity index (χ1v) is 13.9. The number of methoxy groups -OCH3 is 1. The van der Waals surface area contributed by atoms with E-state index in [1.54, 1.807) is 7.11 Å². The molecule has 0 saturated heterocycles. The lowest BCUT2D eigenvalue weighted by molar-refractivity contribution is -0.175. The molecule has 0 bridgehead atoms. The monoisotopic (exact) mass is 519 g/mol. The van der Waals surface area contributed by atoms with Crippen LogP contribution >= 0.6 is 0 Å². The number of benzene rings is 1. The van der Waals surface area contributed by atoms with E-state index < -0.39 is 17.2 Å². The number of halogens is 2. The molecule has 6 unspecified atom stereocenters. The normalized spacial score (nSPS) is 41.0. The number of carbonyl (C=O) groups is 1. The number of nitrogen functional groups attached to an aromatic ring is 1. The molecule has 0 spiro atoms. The number of ether oxygens (including phenoxy) is 1. The molecule has 0 radical (unpaired) electrons. The van der Waals surface area contributed by atoms with Gasteiger partial charge in [-0.05, 0) is 99.2 Å².